The van der Waals surface area contributed by atoms with Crippen LogP contribution in [-0.4, -0.2) is 23.1 Å². The number of nitrogens with one attached hydrogen (secondary N) is 2. The summed E-state index contributed by atoms with van der Waals surface area (Å²) in [6.07, 6.45) is 3.74. The van der Waals surface area contributed by atoms with Crippen LogP contribution >= 0.6 is 0 Å². The molecule has 4 N–H and O–H groups in total. The number of aromatic nitrogens is 2. The third-order valence-electron chi connectivity index (χ3n) is 2.46. The minimum absolute atomic E-state index is 0.304. The van der Waals surface area contributed by atoms with Gasteiger partial charge >= 0.3 is 0 Å². The fraction of sp³-hybridized carbons (Fsp3) is 0.556. The number of hydrogen-bond acceptors (Lipinski definition) is 5. The zero-order chi connectivity index (χ0) is 9.97. The van der Waals surface area contributed by atoms with Crippen LogP contribution in [0.25, 0.3) is 0 Å². The molecule has 1 aliphatic rings. The van der Waals surface area contributed by atoms with Crippen molar-refractivity contribution in [2.24, 2.45) is 0 Å². The first-order valence-corrected chi connectivity index (χ1v) is 4.87. The van der Waals surface area contributed by atoms with Gasteiger partial charge in [-0.2, -0.15) is 9.97 Å². The molecule has 1 fully saturated rings. The van der Waals surface area contributed by atoms with Gasteiger partial charge in [-0.05, 0) is 19.3 Å². The minimum Gasteiger partial charge on any atom is -0.373 e. The summed E-state index contributed by atoms with van der Waals surface area (Å²) < 4.78 is 0. The molecule has 0 bridgehead atoms. The number of anilines is 3. The molecular weight excluding hydrogens is 178 g/mol. The van der Waals surface area contributed by atoms with E-state index < -0.39 is 0 Å². The third kappa shape index (κ3) is 1.86. The Bertz CT molecular complexity index is 321. The smallest absolute Gasteiger partial charge is 0.223 e. The summed E-state index contributed by atoms with van der Waals surface area (Å²) in [6.45, 7) is 0. The lowest BCUT2D eigenvalue weighted by Crippen LogP contribution is -2.27. The molecule has 0 amide bonds. The van der Waals surface area contributed by atoms with E-state index in [1.165, 1.54) is 19.3 Å². The van der Waals surface area contributed by atoms with Gasteiger partial charge in [0.05, 0.1) is 0 Å². The fourth-order valence-electron chi connectivity index (χ4n) is 1.43. The molecule has 0 atom stereocenters. The van der Waals surface area contributed by atoms with E-state index in [1.807, 2.05) is 13.1 Å². The lowest BCUT2D eigenvalue weighted by Gasteiger charge is -2.26. The van der Waals surface area contributed by atoms with E-state index in [-0.39, 0.29) is 0 Å². The Labute approximate surface area is 83.1 Å². The highest BCUT2D eigenvalue weighted by Gasteiger charge is 2.17. The quantitative estimate of drug-likeness (QED) is 0.669. The average molecular weight is 193 g/mol. The molecule has 0 radical (unpaired) electrons. The van der Waals surface area contributed by atoms with Crippen molar-refractivity contribution in [2.45, 2.75) is 25.3 Å². The second kappa shape index (κ2) is 3.69. The van der Waals surface area contributed by atoms with Crippen LogP contribution in [0.15, 0.2) is 6.07 Å². The predicted octanol–water partition coefficient (Wildman–Crippen LogP) is 1.06. The monoisotopic (exact) mass is 193 g/mol. The summed E-state index contributed by atoms with van der Waals surface area (Å²) >= 11 is 0. The van der Waals surface area contributed by atoms with Crippen molar-refractivity contribution in [3.63, 3.8) is 0 Å². The van der Waals surface area contributed by atoms with Crippen LogP contribution in [0.4, 0.5) is 17.6 Å². The van der Waals surface area contributed by atoms with Crippen molar-refractivity contribution >= 4 is 17.6 Å². The molecule has 76 valence electrons. The molecule has 5 heteroatoms. The highest BCUT2D eigenvalue weighted by atomic mass is 15.1. The summed E-state index contributed by atoms with van der Waals surface area (Å²) in [4.78, 5) is 8.14. The van der Waals surface area contributed by atoms with Crippen molar-refractivity contribution in [1.82, 2.24) is 9.97 Å². The summed E-state index contributed by atoms with van der Waals surface area (Å²) in [7, 11) is 1.81. The van der Waals surface area contributed by atoms with Crippen LogP contribution in [0.3, 0.4) is 0 Å². The van der Waals surface area contributed by atoms with Crippen molar-refractivity contribution < 1.29 is 0 Å². The van der Waals surface area contributed by atoms with Crippen LogP contribution in [0.2, 0.25) is 0 Å². The molecule has 14 heavy (non-hydrogen) atoms. The van der Waals surface area contributed by atoms with Gasteiger partial charge in [-0.15, -0.1) is 0 Å². The van der Waals surface area contributed by atoms with Crippen molar-refractivity contribution in [3.8, 4) is 0 Å². The number of nitrogen functional groups attached to an aromatic ring is 1. The lowest BCUT2D eigenvalue weighted by atomic mass is 9.93. The fourth-order valence-corrected chi connectivity index (χ4v) is 1.43. The molecule has 1 aromatic rings. The van der Waals surface area contributed by atoms with Crippen LogP contribution < -0.4 is 16.4 Å². The maximum Gasteiger partial charge on any atom is 0.223 e. The topological polar surface area (TPSA) is 75.9 Å². The number of hydrogen-bond donors (Lipinski definition) is 3. The van der Waals surface area contributed by atoms with E-state index in [2.05, 4.69) is 20.6 Å². The standard InChI is InChI=1S/C9H15N5/c1-11-7-5-8(14-9(10)13-7)12-6-3-2-4-6/h5-6H,2-4H2,1H3,(H4,10,11,12,13,14). The van der Waals surface area contributed by atoms with Gasteiger partial charge in [0.1, 0.15) is 11.6 Å². The van der Waals surface area contributed by atoms with Crippen molar-refractivity contribution in [1.29, 1.82) is 0 Å². The highest BCUT2D eigenvalue weighted by Crippen LogP contribution is 2.23. The highest BCUT2D eigenvalue weighted by molar-refractivity contribution is 5.51. The SMILES string of the molecule is CNc1cc(NC2CCC2)nc(N)n1. The molecule has 0 unspecified atom stereocenters. The third-order valence-corrected chi connectivity index (χ3v) is 2.46. The van der Waals surface area contributed by atoms with Gasteiger partial charge in [0.25, 0.3) is 0 Å². The predicted molar refractivity (Wildman–Crippen MR) is 57.3 cm³/mol. The van der Waals surface area contributed by atoms with Crippen LogP contribution in [0, 0.1) is 0 Å². The zero-order valence-electron chi connectivity index (χ0n) is 8.25. The molecule has 0 spiro atoms. The summed E-state index contributed by atoms with van der Waals surface area (Å²) in [6, 6.07) is 2.43. The summed E-state index contributed by atoms with van der Waals surface area (Å²) in [5.74, 6) is 1.87. The van der Waals surface area contributed by atoms with E-state index in [4.69, 9.17) is 5.73 Å². The van der Waals surface area contributed by atoms with Gasteiger partial charge in [0, 0.05) is 19.2 Å². The van der Waals surface area contributed by atoms with E-state index in [9.17, 15) is 0 Å². The van der Waals surface area contributed by atoms with Crippen molar-refractivity contribution in [2.75, 3.05) is 23.4 Å². The first-order chi connectivity index (χ1) is 6.78. The largest absolute Gasteiger partial charge is 0.373 e. The van der Waals surface area contributed by atoms with Gasteiger partial charge in [-0.25, -0.2) is 0 Å². The molecule has 1 aromatic heterocycles. The minimum atomic E-state index is 0.304. The number of nitrogens with two attached hydrogens (primary N) is 1. The molecule has 5 nitrogen and oxygen atoms in total. The Hall–Kier alpha value is -1.52. The summed E-state index contributed by atoms with van der Waals surface area (Å²) in [5, 5.41) is 6.27. The maximum atomic E-state index is 5.57. The molecule has 1 aliphatic carbocycles. The Balaban J connectivity index is 2.11. The van der Waals surface area contributed by atoms with Crippen molar-refractivity contribution in [3.05, 3.63) is 6.07 Å². The zero-order valence-corrected chi connectivity index (χ0v) is 8.25. The van der Waals surface area contributed by atoms with Gasteiger partial charge in [0.2, 0.25) is 5.95 Å². The van der Waals surface area contributed by atoms with Gasteiger partial charge < -0.3 is 16.4 Å². The molecule has 1 heterocycles. The second-order valence-corrected chi connectivity index (χ2v) is 3.52. The number of rotatable bonds is 3. The Morgan fingerprint density at radius 3 is 2.64 bits per heavy atom. The van der Waals surface area contributed by atoms with Crippen LogP contribution in [0.5, 0.6) is 0 Å². The van der Waals surface area contributed by atoms with Crippen LogP contribution in [-0.2, 0) is 0 Å². The first kappa shape index (κ1) is 9.05. The molecule has 2 rings (SSSR count). The van der Waals surface area contributed by atoms with E-state index >= 15 is 0 Å². The normalized spacial score (nSPS) is 16.1. The molecule has 0 aromatic carbocycles. The van der Waals surface area contributed by atoms with Gasteiger partial charge in [-0.3, -0.25) is 0 Å². The van der Waals surface area contributed by atoms with Gasteiger partial charge in [0.15, 0.2) is 0 Å². The molecule has 0 saturated heterocycles. The maximum absolute atomic E-state index is 5.57. The molecular formula is C9H15N5. The Morgan fingerprint density at radius 2 is 2.07 bits per heavy atom. The Kier molecular flexibility index (Phi) is 2.39. The number of nitrogens with zero attached hydrogens (tertiary/aromatic N) is 2. The van der Waals surface area contributed by atoms with E-state index in [0.29, 0.717) is 12.0 Å². The second-order valence-electron chi connectivity index (χ2n) is 3.52. The van der Waals surface area contributed by atoms with E-state index in [1.54, 1.807) is 0 Å². The first-order valence-electron chi connectivity index (χ1n) is 4.87. The van der Waals surface area contributed by atoms with E-state index in [0.717, 1.165) is 11.6 Å². The average Bonchev–Trinajstić information content (AvgIpc) is 2.10. The van der Waals surface area contributed by atoms with Gasteiger partial charge in [-0.1, -0.05) is 0 Å². The molecule has 1 saturated carbocycles. The van der Waals surface area contributed by atoms with Crippen LogP contribution in [0.1, 0.15) is 19.3 Å². The summed E-state index contributed by atoms with van der Waals surface area (Å²) in [5.41, 5.74) is 5.57. The Morgan fingerprint density at radius 1 is 1.36 bits per heavy atom. The molecule has 0 aliphatic heterocycles. The lowest BCUT2D eigenvalue weighted by molar-refractivity contribution is 0.444.